The Hall–Kier alpha value is -0.700. The fourth-order valence-electron chi connectivity index (χ4n) is 1.75. The van der Waals surface area contributed by atoms with Crippen LogP contribution in [0.15, 0.2) is 20.3 Å². The number of H-pyrrole nitrogens is 1. The van der Waals surface area contributed by atoms with E-state index < -0.39 is 10.0 Å². The van der Waals surface area contributed by atoms with Gasteiger partial charge in [0.2, 0.25) is 10.0 Å². The molecule has 20 heavy (non-hydrogen) atoms. The van der Waals surface area contributed by atoms with Crippen molar-refractivity contribution in [1.82, 2.24) is 14.9 Å². The predicted octanol–water partition coefficient (Wildman–Crippen LogP) is 2.76. The first-order chi connectivity index (χ1) is 9.40. The number of rotatable bonds is 6. The van der Waals surface area contributed by atoms with E-state index in [2.05, 4.69) is 30.8 Å². The van der Waals surface area contributed by atoms with Crippen molar-refractivity contribution >= 4 is 37.3 Å². The lowest BCUT2D eigenvalue weighted by Gasteiger charge is -2.04. The SMILES string of the molecule is Cc1cc(S(=O)(=O)NCCCc2cn[nH]c2C)sc1Br. The van der Waals surface area contributed by atoms with Crippen molar-refractivity contribution in [3.8, 4) is 0 Å². The van der Waals surface area contributed by atoms with E-state index in [1.54, 1.807) is 12.3 Å². The molecule has 0 atom stereocenters. The summed E-state index contributed by atoms with van der Waals surface area (Å²) < 4.78 is 28.0. The van der Waals surface area contributed by atoms with Gasteiger partial charge in [0.05, 0.1) is 9.98 Å². The number of hydrogen-bond donors (Lipinski definition) is 2. The molecule has 0 bridgehead atoms. The van der Waals surface area contributed by atoms with E-state index in [-0.39, 0.29) is 0 Å². The zero-order valence-electron chi connectivity index (χ0n) is 11.2. The van der Waals surface area contributed by atoms with Gasteiger partial charge in [0.1, 0.15) is 4.21 Å². The molecule has 0 saturated heterocycles. The Balaban J connectivity index is 1.88. The first-order valence-electron chi connectivity index (χ1n) is 6.14. The van der Waals surface area contributed by atoms with Gasteiger partial charge in [-0.3, -0.25) is 5.10 Å². The Morgan fingerprint density at radius 2 is 2.20 bits per heavy atom. The number of aromatic amines is 1. The zero-order valence-corrected chi connectivity index (χ0v) is 14.5. The normalized spacial score (nSPS) is 11.9. The Morgan fingerprint density at radius 1 is 1.45 bits per heavy atom. The molecule has 2 heterocycles. The lowest BCUT2D eigenvalue weighted by Crippen LogP contribution is -2.24. The van der Waals surface area contributed by atoms with Crippen LogP contribution >= 0.6 is 27.3 Å². The highest BCUT2D eigenvalue weighted by atomic mass is 79.9. The van der Waals surface area contributed by atoms with Crippen molar-refractivity contribution in [3.05, 3.63) is 32.9 Å². The molecule has 0 radical (unpaired) electrons. The second-order valence-corrected chi connectivity index (χ2v) is 8.91. The first-order valence-corrected chi connectivity index (χ1v) is 9.24. The van der Waals surface area contributed by atoms with Crippen molar-refractivity contribution in [1.29, 1.82) is 0 Å². The summed E-state index contributed by atoms with van der Waals surface area (Å²) in [6, 6.07) is 1.68. The molecular formula is C12H16BrN3O2S2. The smallest absolute Gasteiger partial charge is 0.250 e. The first kappa shape index (κ1) is 15.7. The number of hydrogen-bond acceptors (Lipinski definition) is 4. The summed E-state index contributed by atoms with van der Waals surface area (Å²) in [5.41, 5.74) is 3.09. The maximum absolute atomic E-state index is 12.1. The summed E-state index contributed by atoms with van der Waals surface area (Å²) >= 11 is 4.57. The quantitative estimate of drug-likeness (QED) is 0.759. The lowest BCUT2D eigenvalue weighted by atomic mass is 10.1. The molecule has 110 valence electrons. The van der Waals surface area contributed by atoms with Gasteiger partial charge in [-0.2, -0.15) is 5.10 Å². The minimum absolute atomic E-state index is 0.348. The number of halogens is 1. The number of nitrogens with zero attached hydrogens (tertiary/aromatic N) is 1. The molecule has 2 rings (SSSR count). The number of aromatic nitrogens is 2. The van der Waals surface area contributed by atoms with Gasteiger partial charge < -0.3 is 0 Å². The van der Waals surface area contributed by atoms with Crippen LogP contribution in [0.3, 0.4) is 0 Å². The number of sulfonamides is 1. The van der Waals surface area contributed by atoms with Crippen molar-refractivity contribution in [2.75, 3.05) is 6.54 Å². The van der Waals surface area contributed by atoms with Gasteiger partial charge >= 0.3 is 0 Å². The average Bonchev–Trinajstić information content (AvgIpc) is 2.93. The van der Waals surface area contributed by atoms with Crippen molar-refractivity contribution < 1.29 is 8.42 Å². The molecule has 0 aromatic carbocycles. The lowest BCUT2D eigenvalue weighted by molar-refractivity contribution is 0.581. The van der Waals surface area contributed by atoms with Gasteiger partial charge in [0.25, 0.3) is 0 Å². The van der Waals surface area contributed by atoms with Gasteiger partial charge in [0.15, 0.2) is 0 Å². The van der Waals surface area contributed by atoms with Crippen LogP contribution in [-0.4, -0.2) is 25.2 Å². The third-order valence-corrected chi connectivity index (χ3v) is 7.02. The maximum Gasteiger partial charge on any atom is 0.250 e. The van der Waals surface area contributed by atoms with Crippen LogP contribution in [0.4, 0.5) is 0 Å². The molecule has 0 unspecified atom stereocenters. The monoisotopic (exact) mass is 377 g/mol. The van der Waals surface area contributed by atoms with Crippen LogP contribution in [0.1, 0.15) is 23.2 Å². The predicted molar refractivity (Wildman–Crippen MR) is 83.6 cm³/mol. The van der Waals surface area contributed by atoms with E-state index in [0.717, 1.165) is 33.4 Å². The van der Waals surface area contributed by atoms with E-state index in [0.29, 0.717) is 10.8 Å². The summed E-state index contributed by atoms with van der Waals surface area (Å²) in [4.78, 5) is 0. The molecular weight excluding hydrogens is 362 g/mol. The van der Waals surface area contributed by atoms with E-state index in [1.165, 1.54) is 11.3 Å². The minimum Gasteiger partial charge on any atom is -0.283 e. The second-order valence-electron chi connectivity index (χ2n) is 4.54. The van der Waals surface area contributed by atoms with Crippen LogP contribution in [0.2, 0.25) is 0 Å². The Morgan fingerprint density at radius 3 is 2.75 bits per heavy atom. The summed E-state index contributed by atoms with van der Waals surface area (Å²) in [6.45, 7) is 4.25. The van der Waals surface area contributed by atoms with Crippen molar-refractivity contribution in [2.24, 2.45) is 0 Å². The maximum atomic E-state index is 12.1. The van der Waals surface area contributed by atoms with E-state index in [9.17, 15) is 8.42 Å². The van der Waals surface area contributed by atoms with Gasteiger partial charge in [-0.25, -0.2) is 13.1 Å². The Kier molecular flexibility index (Phi) is 5.00. The second kappa shape index (κ2) is 6.38. The molecule has 8 heteroatoms. The summed E-state index contributed by atoms with van der Waals surface area (Å²) in [5, 5.41) is 6.81. The van der Waals surface area contributed by atoms with Gasteiger partial charge in [0, 0.05) is 12.2 Å². The summed E-state index contributed by atoms with van der Waals surface area (Å²) in [7, 11) is -3.40. The van der Waals surface area contributed by atoms with Crippen molar-refractivity contribution in [2.45, 2.75) is 30.9 Å². The van der Waals surface area contributed by atoms with Gasteiger partial charge in [-0.15, -0.1) is 11.3 Å². The molecule has 2 aromatic heterocycles. The zero-order chi connectivity index (χ0) is 14.8. The molecule has 2 N–H and O–H groups in total. The molecule has 2 aromatic rings. The fourth-order valence-corrected chi connectivity index (χ4v) is 5.09. The van der Waals surface area contributed by atoms with Gasteiger partial charge in [-0.05, 0) is 59.8 Å². The molecule has 0 aliphatic carbocycles. The largest absolute Gasteiger partial charge is 0.283 e. The van der Waals surface area contributed by atoms with Crippen molar-refractivity contribution in [3.63, 3.8) is 0 Å². The summed E-state index contributed by atoms with van der Waals surface area (Å²) in [5.74, 6) is 0. The average molecular weight is 378 g/mol. The molecule has 0 saturated carbocycles. The molecule has 0 amide bonds. The van der Waals surface area contributed by atoms with Crippen LogP contribution in [0.25, 0.3) is 0 Å². The topological polar surface area (TPSA) is 74.8 Å². The molecule has 0 spiro atoms. The Bertz CT molecular complexity index is 672. The minimum atomic E-state index is -3.40. The van der Waals surface area contributed by atoms with E-state index in [1.807, 2.05) is 13.8 Å². The van der Waals surface area contributed by atoms with Crippen LogP contribution in [-0.2, 0) is 16.4 Å². The molecule has 0 aliphatic rings. The highest BCUT2D eigenvalue weighted by molar-refractivity contribution is 9.11. The standard InChI is InChI=1S/C12H16BrN3O2S2/c1-8-6-11(19-12(8)13)20(17,18)15-5-3-4-10-7-14-16-9(10)2/h6-7,15H,3-5H2,1-2H3,(H,14,16). The molecule has 0 aliphatic heterocycles. The molecule has 5 nitrogen and oxygen atoms in total. The fraction of sp³-hybridized carbons (Fsp3) is 0.417. The number of aryl methyl sites for hydroxylation is 3. The molecule has 0 fully saturated rings. The number of thiophene rings is 1. The van der Waals surface area contributed by atoms with Gasteiger partial charge in [-0.1, -0.05) is 0 Å². The van der Waals surface area contributed by atoms with E-state index in [4.69, 9.17) is 0 Å². The van der Waals surface area contributed by atoms with Crippen LogP contribution < -0.4 is 4.72 Å². The number of nitrogens with one attached hydrogen (secondary N) is 2. The highest BCUT2D eigenvalue weighted by Gasteiger charge is 2.17. The third-order valence-electron chi connectivity index (χ3n) is 2.95. The highest BCUT2D eigenvalue weighted by Crippen LogP contribution is 2.30. The van der Waals surface area contributed by atoms with E-state index >= 15 is 0 Å². The van der Waals surface area contributed by atoms with Crippen LogP contribution in [0.5, 0.6) is 0 Å². The third kappa shape index (κ3) is 3.69. The summed E-state index contributed by atoms with van der Waals surface area (Å²) in [6.07, 6.45) is 3.33. The Labute approximate surface area is 131 Å². The van der Waals surface area contributed by atoms with Crippen LogP contribution in [0, 0.1) is 13.8 Å².